The zero-order chi connectivity index (χ0) is 15.1. The number of hydrogen-bond donors (Lipinski definition) is 2. The summed E-state index contributed by atoms with van der Waals surface area (Å²) in [5.41, 5.74) is 8.97. The molecule has 6 heteroatoms. The average Bonchev–Trinajstić information content (AvgIpc) is 3.07. The van der Waals surface area contributed by atoms with Crippen LogP contribution >= 0.6 is 11.3 Å². The van der Waals surface area contributed by atoms with Crippen LogP contribution in [0.1, 0.15) is 16.1 Å². The number of rotatable bonds is 2. The Kier molecular flexibility index (Phi) is 3.35. The van der Waals surface area contributed by atoms with Crippen molar-refractivity contribution in [2.75, 3.05) is 13.1 Å². The van der Waals surface area contributed by atoms with Crippen LogP contribution in [0.25, 0.3) is 10.6 Å². The topological polar surface area (TPSA) is 77.2 Å². The average molecular weight is 315 g/mol. The number of benzene rings is 1. The molecular weight excluding hydrogens is 298 g/mol. The number of para-hydroxylation sites is 1. The van der Waals surface area contributed by atoms with Crippen LogP contribution in [0.2, 0.25) is 0 Å². The van der Waals surface area contributed by atoms with E-state index in [2.05, 4.69) is 11.4 Å². The van der Waals surface area contributed by atoms with Gasteiger partial charge in [0.1, 0.15) is 16.9 Å². The van der Waals surface area contributed by atoms with Crippen molar-refractivity contribution in [3.63, 3.8) is 0 Å². The van der Waals surface area contributed by atoms with Crippen LogP contribution in [0.3, 0.4) is 0 Å². The molecule has 0 aliphatic carbocycles. The lowest BCUT2D eigenvalue weighted by Gasteiger charge is -2.09. The Labute approximate surface area is 132 Å². The highest BCUT2D eigenvalue weighted by molar-refractivity contribution is 7.15. The third kappa shape index (κ3) is 2.28. The first kappa shape index (κ1) is 13.7. The zero-order valence-corrected chi connectivity index (χ0v) is 12.9. The number of carbonyl (C=O) groups excluding carboxylic acids is 1. The van der Waals surface area contributed by atoms with E-state index in [-0.39, 0.29) is 12.0 Å². The molecule has 0 saturated carbocycles. The highest BCUT2D eigenvalue weighted by Crippen LogP contribution is 2.41. The van der Waals surface area contributed by atoms with Gasteiger partial charge in [0.15, 0.2) is 0 Å². The van der Waals surface area contributed by atoms with Gasteiger partial charge in [0.05, 0.1) is 17.7 Å². The molecule has 5 nitrogen and oxygen atoms in total. The summed E-state index contributed by atoms with van der Waals surface area (Å²) in [4.78, 5) is 17.5. The van der Waals surface area contributed by atoms with E-state index in [1.54, 1.807) is 11.3 Å². The summed E-state index contributed by atoms with van der Waals surface area (Å²) >= 11 is 1.60. The van der Waals surface area contributed by atoms with E-state index >= 15 is 0 Å². The summed E-state index contributed by atoms with van der Waals surface area (Å²) in [5.74, 6) is 0.984. The van der Waals surface area contributed by atoms with Gasteiger partial charge in [0.2, 0.25) is 5.91 Å². The van der Waals surface area contributed by atoms with Crippen LogP contribution in [0.4, 0.5) is 0 Å². The number of thiazole rings is 1. The van der Waals surface area contributed by atoms with Crippen molar-refractivity contribution in [1.82, 2.24) is 10.3 Å². The van der Waals surface area contributed by atoms with Crippen molar-refractivity contribution in [2.24, 2.45) is 5.73 Å². The standard InChI is InChI=1S/C16H17N3O2S/c17-8-10-6-9-2-1-3-11(15(9)21-10)16-19-12-4-5-18-14(20)7-13(12)22-16/h1-3,10H,4-8,17H2,(H,18,20). The molecule has 114 valence electrons. The molecule has 0 bridgehead atoms. The molecule has 1 unspecified atom stereocenters. The van der Waals surface area contributed by atoms with Gasteiger partial charge >= 0.3 is 0 Å². The lowest BCUT2D eigenvalue weighted by Crippen LogP contribution is -2.24. The molecule has 22 heavy (non-hydrogen) atoms. The Morgan fingerprint density at radius 3 is 3.23 bits per heavy atom. The van der Waals surface area contributed by atoms with E-state index < -0.39 is 0 Å². The van der Waals surface area contributed by atoms with Gasteiger partial charge in [-0.3, -0.25) is 4.79 Å². The largest absolute Gasteiger partial charge is 0.488 e. The highest BCUT2D eigenvalue weighted by Gasteiger charge is 2.27. The number of nitrogens with zero attached hydrogens (tertiary/aromatic N) is 1. The summed E-state index contributed by atoms with van der Waals surface area (Å²) in [7, 11) is 0. The first-order chi connectivity index (χ1) is 10.7. The van der Waals surface area contributed by atoms with Gasteiger partial charge in [-0.1, -0.05) is 12.1 Å². The maximum absolute atomic E-state index is 11.7. The summed E-state index contributed by atoms with van der Waals surface area (Å²) in [6.45, 7) is 1.18. The van der Waals surface area contributed by atoms with Crippen molar-refractivity contribution >= 4 is 17.2 Å². The lowest BCUT2D eigenvalue weighted by atomic mass is 10.1. The number of amides is 1. The van der Waals surface area contributed by atoms with Crippen LogP contribution in [0, 0.1) is 0 Å². The van der Waals surface area contributed by atoms with Crippen molar-refractivity contribution in [3.8, 4) is 16.3 Å². The Hall–Kier alpha value is -1.92. The first-order valence-electron chi connectivity index (χ1n) is 7.49. The van der Waals surface area contributed by atoms with Crippen molar-refractivity contribution in [3.05, 3.63) is 34.3 Å². The molecule has 1 aromatic heterocycles. The third-order valence-electron chi connectivity index (χ3n) is 4.11. The van der Waals surface area contributed by atoms with E-state index in [0.717, 1.165) is 39.7 Å². The fraction of sp³-hybridized carbons (Fsp3) is 0.375. The molecule has 3 heterocycles. The monoisotopic (exact) mass is 315 g/mol. The fourth-order valence-electron chi connectivity index (χ4n) is 3.00. The molecule has 2 aliphatic rings. The molecule has 3 N–H and O–H groups in total. The van der Waals surface area contributed by atoms with E-state index in [1.807, 2.05) is 12.1 Å². The molecule has 2 aliphatic heterocycles. The normalized spacial score (nSPS) is 19.9. The quantitative estimate of drug-likeness (QED) is 0.875. The summed E-state index contributed by atoms with van der Waals surface area (Å²) in [6, 6.07) is 6.16. The maximum Gasteiger partial charge on any atom is 0.225 e. The molecule has 0 radical (unpaired) electrons. The molecule has 2 aromatic rings. The van der Waals surface area contributed by atoms with Crippen molar-refractivity contribution in [1.29, 1.82) is 0 Å². The van der Waals surface area contributed by atoms with Gasteiger partial charge < -0.3 is 15.8 Å². The molecule has 0 spiro atoms. The summed E-state index contributed by atoms with van der Waals surface area (Å²) < 4.78 is 5.98. The van der Waals surface area contributed by atoms with Crippen LogP contribution in [-0.4, -0.2) is 30.1 Å². The minimum Gasteiger partial charge on any atom is -0.488 e. The first-order valence-corrected chi connectivity index (χ1v) is 8.30. The number of nitrogens with two attached hydrogens (primary N) is 1. The Morgan fingerprint density at radius 1 is 1.45 bits per heavy atom. The van der Waals surface area contributed by atoms with Gasteiger partial charge in [-0.25, -0.2) is 4.98 Å². The van der Waals surface area contributed by atoms with E-state index in [1.165, 1.54) is 5.56 Å². The molecule has 1 amide bonds. The smallest absolute Gasteiger partial charge is 0.225 e. The van der Waals surface area contributed by atoms with Gasteiger partial charge in [-0.2, -0.15) is 0 Å². The number of ether oxygens (including phenoxy) is 1. The van der Waals surface area contributed by atoms with E-state index in [0.29, 0.717) is 19.5 Å². The van der Waals surface area contributed by atoms with Crippen LogP contribution in [0.5, 0.6) is 5.75 Å². The molecule has 1 atom stereocenters. The number of carbonyl (C=O) groups is 1. The molecule has 1 aromatic carbocycles. The molecular formula is C16H17N3O2S. The molecule has 0 saturated heterocycles. The van der Waals surface area contributed by atoms with Crippen LogP contribution in [-0.2, 0) is 24.1 Å². The van der Waals surface area contributed by atoms with Crippen LogP contribution < -0.4 is 15.8 Å². The minimum absolute atomic E-state index is 0.0553. The minimum atomic E-state index is 0.0553. The second-order valence-corrected chi connectivity index (χ2v) is 6.72. The summed E-state index contributed by atoms with van der Waals surface area (Å²) in [6.07, 6.45) is 2.13. The predicted molar refractivity (Wildman–Crippen MR) is 85.1 cm³/mol. The van der Waals surface area contributed by atoms with Crippen LogP contribution in [0.15, 0.2) is 18.2 Å². The van der Waals surface area contributed by atoms with Gasteiger partial charge in [0.25, 0.3) is 0 Å². The lowest BCUT2D eigenvalue weighted by molar-refractivity contribution is -0.120. The number of fused-ring (bicyclic) bond motifs is 2. The van der Waals surface area contributed by atoms with E-state index in [4.69, 9.17) is 15.5 Å². The summed E-state index contributed by atoms with van der Waals surface area (Å²) in [5, 5.41) is 3.82. The number of hydrogen-bond acceptors (Lipinski definition) is 5. The number of nitrogens with one attached hydrogen (secondary N) is 1. The SMILES string of the molecule is NCC1Cc2cccc(-c3nc4c(s3)CC(=O)NCC4)c2O1. The molecule has 4 rings (SSSR count). The van der Waals surface area contributed by atoms with Gasteiger partial charge in [-0.15, -0.1) is 11.3 Å². The second-order valence-electron chi connectivity index (χ2n) is 5.64. The zero-order valence-electron chi connectivity index (χ0n) is 12.1. The van der Waals surface area contributed by atoms with Gasteiger partial charge in [-0.05, 0) is 11.6 Å². The Morgan fingerprint density at radius 2 is 2.36 bits per heavy atom. The second kappa shape index (κ2) is 5.37. The van der Waals surface area contributed by atoms with E-state index in [9.17, 15) is 4.79 Å². The maximum atomic E-state index is 11.7. The van der Waals surface area contributed by atoms with Crippen molar-refractivity contribution in [2.45, 2.75) is 25.4 Å². The molecule has 0 fully saturated rings. The van der Waals surface area contributed by atoms with Crippen molar-refractivity contribution < 1.29 is 9.53 Å². The Balaban J connectivity index is 1.74. The highest BCUT2D eigenvalue weighted by atomic mass is 32.1. The Bertz CT molecular complexity index is 741. The van der Waals surface area contributed by atoms with Gasteiger partial charge in [0, 0.05) is 30.8 Å². The predicted octanol–water partition coefficient (Wildman–Crippen LogP) is 1.29. The fourth-order valence-corrected chi connectivity index (χ4v) is 4.13. The third-order valence-corrected chi connectivity index (χ3v) is 5.24. The number of aromatic nitrogens is 1.